The maximum atomic E-state index is 6.30. The van der Waals surface area contributed by atoms with E-state index in [-0.39, 0.29) is 12.1 Å². The fraction of sp³-hybridized carbons (Fsp3) is 0.467. The molecule has 2 N–H and O–H groups in total. The molecule has 0 spiro atoms. The van der Waals surface area contributed by atoms with Crippen LogP contribution in [-0.4, -0.2) is 18.0 Å². The Kier molecular flexibility index (Phi) is 4.80. The number of hydrogen-bond donors (Lipinski definition) is 1. The minimum atomic E-state index is 0.0681. The van der Waals surface area contributed by atoms with E-state index in [0.29, 0.717) is 6.04 Å². The smallest absolute Gasteiger partial charge is 0.122 e. The third kappa shape index (κ3) is 3.08. The molecule has 0 aliphatic carbocycles. The summed E-state index contributed by atoms with van der Waals surface area (Å²) in [5.74, 6) is 0.945. The zero-order chi connectivity index (χ0) is 13.8. The Morgan fingerprint density at radius 3 is 2.68 bits per heavy atom. The summed E-state index contributed by atoms with van der Waals surface area (Å²) in [6.45, 7) is 4.33. The van der Waals surface area contributed by atoms with E-state index < -0.39 is 0 Å². The highest BCUT2D eigenvalue weighted by Gasteiger charge is 2.29. The average molecular weight is 278 g/mol. The Bertz CT molecular complexity index is 466. The van der Waals surface area contributed by atoms with Crippen LogP contribution in [0.25, 0.3) is 0 Å². The second-order valence-corrected chi connectivity index (χ2v) is 5.87. The molecule has 2 aromatic heterocycles. The maximum absolute atomic E-state index is 6.30. The number of nitrogens with two attached hydrogens (primary N) is 1. The molecule has 2 aromatic rings. The van der Waals surface area contributed by atoms with Crippen molar-refractivity contribution in [1.82, 2.24) is 4.90 Å². The van der Waals surface area contributed by atoms with Crippen LogP contribution in [0, 0.1) is 0 Å². The SMILES string of the molecule is CCC(N)C(c1ccco1)N(C)C(C)c1cccs1. The van der Waals surface area contributed by atoms with Gasteiger partial charge < -0.3 is 10.2 Å². The van der Waals surface area contributed by atoms with Gasteiger partial charge in [0.25, 0.3) is 0 Å². The van der Waals surface area contributed by atoms with E-state index in [4.69, 9.17) is 10.2 Å². The van der Waals surface area contributed by atoms with Gasteiger partial charge in [-0.2, -0.15) is 0 Å². The second-order valence-electron chi connectivity index (χ2n) is 4.89. The highest BCUT2D eigenvalue weighted by atomic mass is 32.1. The summed E-state index contributed by atoms with van der Waals surface area (Å²) >= 11 is 1.78. The van der Waals surface area contributed by atoms with Gasteiger partial charge in [0.05, 0.1) is 12.3 Å². The van der Waals surface area contributed by atoms with Crippen LogP contribution in [-0.2, 0) is 0 Å². The first-order valence-electron chi connectivity index (χ1n) is 6.69. The van der Waals surface area contributed by atoms with Crippen LogP contribution in [0.15, 0.2) is 40.3 Å². The van der Waals surface area contributed by atoms with Crippen molar-refractivity contribution in [2.75, 3.05) is 7.05 Å². The van der Waals surface area contributed by atoms with Gasteiger partial charge in [-0.25, -0.2) is 0 Å². The van der Waals surface area contributed by atoms with Crippen molar-refractivity contribution >= 4 is 11.3 Å². The maximum Gasteiger partial charge on any atom is 0.122 e. The summed E-state index contributed by atoms with van der Waals surface area (Å²) in [6, 6.07) is 8.70. The second kappa shape index (κ2) is 6.37. The number of furan rings is 1. The summed E-state index contributed by atoms with van der Waals surface area (Å²) in [5.41, 5.74) is 6.30. The molecule has 0 aliphatic heterocycles. The first-order valence-corrected chi connectivity index (χ1v) is 7.57. The Morgan fingerprint density at radius 2 is 2.16 bits per heavy atom. The monoisotopic (exact) mass is 278 g/mol. The summed E-state index contributed by atoms with van der Waals surface area (Å²) in [4.78, 5) is 3.65. The van der Waals surface area contributed by atoms with Gasteiger partial charge in [0.1, 0.15) is 5.76 Å². The van der Waals surface area contributed by atoms with Gasteiger partial charge >= 0.3 is 0 Å². The molecular weight excluding hydrogens is 256 g/mol. The average Bonchev–Trinajstić information content (AvgIpc) is 3.10. The molecule has 0 radical (unpaired) electrons. The molecule has 3 unspecified atom stereocenters. The number of rotatable bonds is 6. The molecule has 3 atom stereocenters. The van der Waals surface area contributed by atoms with E-state index in [1.165, 1.54) is 4.88 Å². The highest BCUT2D eigenvalue weighted by Crippen LogP contribution is 2.33. The van der Waals surface area contributed by atoms with Crippen molar-refractivity contribution in [2.45, 2.75) is 38.4 Å². The van der Waals surface area contributed by atoms with Crippen LogP contribution in [0.3, 0.4) is 0 Å². The Labute approximate surface area is 119 Å². The van der Waals surface area contributed by atoms with Gasteiger partial charge in [0.2, 0.25) is 0 Å². The van der Waals surface area contributed by atoms with E-state index in [0.717, 1.165) is 12.2 Å². The molecule has 0 saturated heterocycles. The van der Waals surface area contributed by atoms with Crippen LogP contribution >= 0.6 is 11.3 Å². The molecule has 2 rings (SSSR count). The van der Waals surface area contributed by atoms with E-state index in [2.05, 4.69) is 43.3 Å². The lowest BCUT2D eigenvalue weighted by Crippen LogP contribution is -2.39. The normalized spacial score (nSPS) is 16.5. The number of nitrogens with zero attached hydrogens (tertiary/aromatic N) is 1. The molecule has 104 valence electrons. The largest absolute Gasteiger partial charge is 0.468 e. The molecule has 0 fully saturated rings. The van der Waals surface area contributed by atoms with Gasteiger partial charge in [0, 0.05) is 17.0 Å². The standard InChI is InChI=1S/C15H22N2OS/c1-4-12(16)15(13-7-5-9-18-13)17(3)11(2)14-8-6-10-19-14/h5-12,15H,4,16H2,1-3H3. The van der Waals surface area contributed by atoms with E-state index in [1.807, 2.05) is 12.1 Å². The van der Waals surface area contributed by atoms with Gasteiger partial charge in [-0.1, -0.05) is 13.0 Å². The van der Waals surface area contributed by atoms with E-state index in [1.54, 1.807) is 17.6 Å². The first kappa shape index (κ1) is 14.3. The van der Waals surface area contributed by atoms with Gasteiger partial charge in [0.15, 0.2) is 0 Å². The van der Waals surface area contributed by atoms with Gasteiger partial charge in [-0.15, -0.1) is 11.3 Å². The zero-order valence-corrected chi connectivity index (χ0v) is 12.6. The first-order chi connectivity index (χ1) is 9.15. The van der Waals surface area contributed by atoms with Crippen molar-refractivity contribution in [3.05, 3.63) is 46.5 Å². The number of thiophene rings is 1. The quantitative estimate of drug-likeness (QED) is 0.873. The van der Waals surface area contributed by atoms with Crippen molar-refractivity contribution in [3.63, 3.8) is 0 Å². The lowest BCUT2D eigenvalue weighted by atomic mass is 10.0. The van der Waals surface area contributed by atoms with E-state index in [9.17, 15) is 0 Å². The molecule has 0 aliphatic rings. The summed E-state index contributed by atoms with van der Waals surface area (Å²) in [5, 5.41) is 2.11. The van der Waals surface area contributed by atoms with E-state index >= 15 is 0 Å². The summed E-state index contributed by atoms with van der Waals surface area (Å²) in [6.07, 6.45) is 2.64. The Morgan fingerprint density at radius 1 is 1.37 bits per heavy atom. The molecule has 3 nitrogen and oxygen atoms in total. The lowest BCUT2D eigenvalue weighted by molar-refractivity contribution is 0.140. The molecule has 0 bridgehead atoms. The molecule has 0 amide bonds. The molecule has 0 saturated carbocycles. The van der Waals surface area contributed by atoms with Gasteiger partial charge in [-0.3, -0.25) is 4.90 Å². The van der Waals surface area contributed by atoms with Crippen molar-refractivity contribution in [3.8, 4) is 0 Å². The van der Waals surface area contributed by atoms with Crippen LogP contribution in [0.1, 0.15) is 43.0 Å². The highest BCUT2D eigenvalue weighted by molar-refractivity contribution is 7.10. The van der Waals surface area contributed by atoms with Crippen LogP contribution < -0.4 is 5.73 Å². The third-order valence-electron chi connectivity index (χ3n) is 3.72. The molecule has 0 aromatic carbocycles. The zero-order valence-electron chi connectivity index (χ0n) is 11.7. The predicted octanol–water partition coefficient (Wildman–Crippen LogP) is 3.81. The molecule has 19 heavy (non-hydrogen) atoms. The predicted molar refractivity (Wildman–Crippen MR) is 80.2 cm³/mol. The van der Waals surface area contributed by atoms with Crippen molar-refractivity contribution in [1.29, 1.82) is 0 Å². The minimum Gasteiger partial charge on any atom is -0.468 e. The fourth-order valence-corrected chi connectivity index (χ4v) is 3.20. The topological polar surface area (TPSA) is 42.4 Å². The lowest BCUT2D eigenvalue weighted by Gasteiger charge is -2.34. The Balaban J connectivity index is 2.23. The summed E-state index contributed by atoms with van der Waals surface area (Å²) in [7, 11) is 2.12. The number of likely N-dealkylation sites (N-methyl/N-ethyl adjacent to an activating group) is 1. The summed E-state index contributed by atoms with van der Waals surface area (Å²) < 4.78 is 5.59. The molecule has 4 heteroatoms. The fourth-order valence-electron chi connectivity index (χ4n) is 2.37. The Hall–Kier alpha value is -1.10. The number of hydrogen-bond acceptors (Lipinski definition) is 4. The van der Waals surface area contributed by atoms with Crippen molar-refractivity contribution < 1.29 is 4.42 Å². The van der Waals surface area contributed by atoms with Crippen LogP contribution in [0.2, 0.25) is 0 Å². The third-order valence-corrected chi connectivity index (χ3v) is 4.76. The molecule has 2 heterocycles. The van der Waals surface area contributed by atoms with Crippen molar-refractivity contribution in [2.24, 2.45) is 5.73 Å². The van der Waals surface area contributed by atoms with Crippen LogP contribution in [0.5, 0.6) is 0 Å². The minimum absolute atomic E-state index is 0.0681. The van der Waals surface area contributed by atoms with Gasteiger partial charge in [-0.05, 0) is 44.0 Å². The molecular formula is C15H22N2OS. The van der Waals surface area contributed by atoms with Crippen LogP contribution in [0.4, 0.5) is 0 Å².